The number of nitrogens with zero attached hydrogens (tertiary/aromatic N) is 2. The van der Waals surface area contributed by atoms with Gasteiger partial charge >= 0.3 is 6.18 Å². The molecule has 6 rings (SSSR count). The Morgan fingerprint density at radius 2 is 1.84 bits per heavy atom. The number of anilines is 1. The third kappa shape index (κ3) is 3.50. The van der Waals surface area contributed by atoms with Crippen LogP contribution in [0, 0.1) is 11.8 Å². The number of hydrogen-bond acceptors (Lipinski definition) is 6. The van der Waals surface area contributed by atoms with Crippen molar-refractivity contribution in [3.05, 3.63) is 27.4 Å². The molecule has 0 spiro atoms. The van der Waals surface area contributed by atoms with Gasteiger partial charge in [-0.05, 0) is 68.8 Å². The van der Waals surface area contributed by atoms with E-state index in [1.54, 1.807) is 0 Å². The Morgan fingerprint density at radius 3 is 2.52 bits per heavy atom. The lowest BCUT2D eigenvalue weighted by Gasteiger charge is -2.37. The molecule has 0 atom stereocenters. The minimum absolute atomic E-state index is 0.0449. The smallest absolute Gasteiger partial charge is 0.334 e. The molecule has 1 fully saturated rings. The molecule has 4 aliphatic rings. The van der Waals surface area contributed by atoms with E-state index in [-0.39, 0.29) is 23.6 Å². The highest BCUT2D eigenvalue weighted by Crippen LogP contribution is 2.47. The molecule has 0 aromatic carbocycles. The number of aromatic nitrogens is 2. The number of aldehydes is 1. The van der Waals surface area contributed by atoms with E-state index in [0.717, 1.165) is 61.7 Å². The third-order valence-electron chi connectivity index (χ3n) is 6.55. The van der Waals surface area contributed by atoms with Crippen molar-refractivity contribution in [1.82, 2.24) is 10.1 Å². The van der Waals surface area contributed by atoms with Crippen molar-refractivity contribution < 1.29 is 27.3 Å². The Morgan fingerprint density at radius 1 is 1.13 bits per heavy atom. The predicted octanol–water partition coefficient (Wildman–Crippen LogP) is 4.95. The van der Waals surface area contributed by atoms with Crippen molar-refractivity contribution in [2.45, 2.75) is 57.5 Å². The average Bonchev–Trinajstić information content (AvgIpc) is 3.38. The average molecular weight is 451 g/mol. The van der Waals surface area contributed by atoms with Crippen molar-refractivity contribution in [2.24, 2.45) is 11.8 Å². The summed E-state index contributed by atoms with van der Waals surface area (Å²) in [6.45, 7) is 0. The number of rotatable bonds is 4. The second-order valence-corrected chi connectivity index (χ2v) is 9.43. The molecule has 10 heteroatoms. The number of amides is 1. The van der Waals surface area contributed by atoms with Gasteiger partial charge in [0.05, 0.1) is 5.56 Å². The van der Waals surface area contributed by atoms with Crippen LogP contribution in [0.5, 0.6) is 0 Å². The molecule has 4 aliphatic carbocycles. The number of aryl methyl sites for hydroxylation is 1. The van der Waals surface area contributed by atoms with E-state index in [1.807, 2.05) is 0 Å². The zero-order chi connectivity index (χ0) is 21.8. The Balaban J connectivity index is 1.54. The Hall–Kier alpha value is -2.49. The van der Waals surface area contributed by atoms with E-state index in [1.165, 1.54) is 11.3 Å². The summed E-state index contributed by atoms with van der Waals surface area (Å²) < 4.78 is 44.0. The molecule has 2 bridgehead atoms. The number of allylic oxidation sites excluding steroid dienone is 1. The lowest BCUT2D eigenvalue weighted by atomic mass is 9.67. The van der Waals surface area contributed by atoms with Crippen LogP contribution in [0.15, 0.2) is 15.7 Å². The van der Waals surface area contributed by atoms with Crippen LogP contribution >= 0.6 is 11.3 Å². The van der Waals surface area contributed by atoms with Gasteiger partial charge in [0.2, 0.25) is 0 Å². The summed E-state index contributed by atoms with van der Waals surface area (Å²) in [5.41, 5.74) is 2.33. The molecule has 0 unspecified atom stereocenters. The molecule has 0 aliphatic heterocycles. The number of fused-ring (bicyclic) bond motifs is 3. The van der Waals surface area contributed by atoms with Gasteiger partial charge < -0.3 is 9.84 Å². The molecular weight excluding hydrogens is 431 g/mol. The van der Waals surface area contributed by atoms with Gasteiger partial charge in [-0.1, -0.05) is 5.16 Å². The van der Waals surface area contributed by atoms with E-state index in [4.69, 9.17) is 4.52 Å². The number of carbonyl (C=O) groups excluding carboxylic acids is 2. The SMILES string of the molecule is O=CC1=C(C(=O)Nc2sc3c(c2-c2nc(C(F)(F)F)no2)CCCC3)C2CCC1CC2. The minimum Gasteiger partial charge on any atom is -0.334 e. The third-order valence-corrected chi connectivity index (χ3v) is 7.76. The summed E-state index contributed by atoms with van der Waals surface area (Å²) in [7, 11) is 0. The first-order valence-electron chi connectivity index (χ1n) is 10.4. The van der Waals surface area contributed by atoms with Crippen LogP contribution in [0.3, 0.4) is 0 Å². The zero-order valence-corrected chi connectivity index (χ0v) is 17.4. The molecule has 1 N–H and O–H groups in total. The standard InChI is InChI=1S/C21H20F3N3O3S/c22-21(23,24)20-26-18(30-27-20)16-12-3-1-2-4-14(12)31-19(16)25-17(29)15-11-7-5-10(6-8-11)13(15)9-28/h9-11H,1-8H2,(H,25,29). The van der Waals surface area contributed by atoms with Gasteiger partial charge in [0, 0.05) is 16.0 Å². The quantitative estimate of drug-likeness (QED) is 0.665. The van der Waals surface area contributed by atoms with Crippen molar-refractivity contribution >= 4 is 28.5 Å². The van der Waals surface area contributed by atoms with Crippen LogP contribution in [-0.4, -0.2) is 22.3 Å². The monoisotopic (exact) mass is 451 g/mol. The Kier molecular flexibility index (Phi) is 4.99. The Labute approximate surface area is 179 Å². The fourth-order valence-corrected chi connectivity index (χ4v) is 6.39. The summed E-state index contributed by atoms with van der Waals surface area (Å²) in [4.78, 5) is 29.5. The van der Waals surface area contributed by atoms with E-state index in [0.29, 0.717) is 28.1 Å². The fraction of sp³-hybridized carbons (Fsp3) is 0.524. The van der Waals surface area contributed by atoms with Crippen LogP contribution < -0.4 is 5.32 Å². The maximum absolute atomic E-state index is 13.2. The van der Waals surface area contributed by atoms with Crippen molar-refractivity contribution in [2.75, 3.05) is 5.32 Å². The van der Waals surface area contributed by atoms with Crippen LogP contribution in [0.25, 0.3) is 11.5 Å². The van der Waals surface area contributed by atoms with Gasteiger partial charge in [0.25, 0.3) is 17.6 Å². The van der Waals surface area contributed by atoms with Crippen molar-refractivity contribution in [3.8, 4) is 11.5 Å². The Bertz CT molecular complexity index is 1080. The van der Waals surface area contributed by atoms with Crippen LogP contribution in [0.2, 0.25) is 0 Å². The van der Waals surface area contributed by atoms with Gasteiger partial charge in [-0.3, -0.25) is 9.59 Å². The molecule has 2 aromatic rings. The fourth-order valence-electron chi connectivity index (χ4n) is 5.12. The first-order valence-corrected chi connectivity index (χ1v) is 11.2. The molecule has 1 saturated carbocycles. The highest BCUT2D eigenvalue weighted by atomic mass is 32.1. The van der Waals surface area contributed by atoms with E-state index < -0.39 is 12.0 Å². The van der Waals surface area contributed by atoms with Crippen LogP contribution in [0.1, 0.15) is 54.8 Å². The first kappa shape index (κ1) is 20.4. The van der Waals surface area contributed by atoms with E-state index in [2.05, 4.69) is 15.5 Å². The molecule has 164 valence electrons. The lowest BCUT2D eigenvalue weighted by molar-refractivity contribution is -0.146. The van der Waals surface area contributed by atoms with Crippen LogP contribution in [0.4, 0.5) is 18.2 Å². The zero-order valence-electron chi connectivity index (χ0n) is 16.6. The number of carbonyl (C=O) groups is 2. The van der Waals surface area contributed by atoms with Gasteiger partial charge in [-0.25, -0.2) is 0 Å². The molecule has 0 saturated heterocycles. The summed E-state index contributed by atoms with van der Waals surface area (Å²) in [6.07, 6.45) is 2.98. The number of alkyl halides is 3. The predicted molar refractivity (Wildman–Crippen MR) is 106 cm³/mol. The normalized spacial score (nSPS) is 23.1. The van der Waals surface area contributed by atoms with E-state index in [9.17, 15) is 22.8 Å². The molecule has 2 heterocycles. The van der Waals surface area contributed by atoms with E-state index >= 15 is 0 Å². The van der Waals surface area contributed by atoms with Gasteiger partial charge in [0.15, 0.2) is 0 Å². The van der Waals surface area contributed by atoms with Gasteiger partial charge in [0.1, 0.15) is 11.3 Å². The van der Waals surface area contributed by atoms with Gasteiger partial charge in [-0.15, -0.1) is 11.3 Å². The molecule has 31 heavy (non-hydrogen) atoms. The van der Waals surface area contributed by atoms with Gasteiger partial charge in [-0.2, -0.15) is 18.2 Å². The molecule has 0 radical (unpaired) electrons. The van der Waals surface area contributed by atoms with Crippen molar-refractivity contribution in [1.29, 1.82) is 0 Å². The summed E-state index contributed by atoms with van der Waals surface area (Å²) in [5, 5.41) is 6.38. The highest BCUT2D eigenvalue weighted by molar-refractivity contribution is 7.17. The number of nitrogens with one attached hydrogen (secondary N) is 1. The largest absolute Gasteiger partial charge is 0.455 e. The molecular formula is C21H20F3N3O3S. The summed E-state index contributed by atoms with van der Waals surface area (Å²) in [5.74, 6) is -1.78. The highest BCUT2D eigenvalue weighted by Gasteiger charge is 2.40. The lowest BCUT2D eigenvalue weighted by Crippen LogP contribution is -2.33. The second-order valence-electron chi connectivity index (χ2n) is 8.33. The number of thiophene rings is 1. The maximum atomic E-state index is 13.2. The number of halogens is 3. The molecule has 2 aromatic heterocycles. The van der Waals surface area contributed by atoms with Crippen LogP contribution in [-0.2, 0) is 28.6 Å². The first-order chi connectivity index (χ1) is 14.9. The van der Waals surface area contributed by atoms with Crippen molar-refractivity contribution in [3.63, 3.8) is 0 Å². The topological polar surface area (TPSA) is 85.1 Å². The molecule has 6 nitrogen and oxygen atoms in total. The maximum Gasteiger partial charge on any atom is 0.455 e. The summed E-state index contributed by atoms with van der Waals surface area (Å²) >= 11 is 1.34. The molecule has 1 amide bonds. The summed E-state index contributed by atoms with van der Waals surface area (Å²) in [6, 6.07) is 0. The second kappa shape index (κ2) is 7.58. The minimum atomic E-state index is -4.72. The number of hydrogen-bond donors (Lipinski definition) is 1.